The van der Waals surface area contributed by atoms with Crippen LogP contribution in [0.2, 0.25) is 0 Å². The molecule has 92 valence electrons. The molecule has 16 heavy (non-hydrogen) atoms. The second-order valence-electron chi connectivity index (χ2n) is 5.63. The summed E-state index contributed by atoms with van der Waals surface area (Å²) in [7, 11) is 0. The zero-order chi connectivity index (χ0) is 12.4. The van der Waals surface area contributed by atoms with Crippen molar-refractivity contribution in [2.24, 2.45) is 0 Å². The van der Waals surface area contributed by atoms with Gasteiger partial charge in [-0.1, -0.05) is 0 Å². The summed E-state index contributed by atoms with van der Waals surface area (Å²) in [4.78, 5) is 11.5. The zero-order valence-corrected chi connectivity index (χ0v) is 10.6. The van der Waals surface area contributed by atoms with Crippen molar-refractivity contribution in [2.45, 2.75) is 64.5 Å². The Balaban J connectivity index is 2.41. The maximum Gasteiger partial charge on any atom is 0.306 e. The summed E-state index contributed by atoms with van der Waals surface area (Å²) in [6, 6.07) is 0. The molecule has 1 heterocycles. The largest absolute Gasteiger partial charge is 0.624 e. The molecule has 4 heteroatoms. The van der Waals surface area contributed by atoms with Crippen molar-refractivity contribution in [3.63, 3.8) is 0 Å². The van der Waals surface area contributed by atoms with E-state index in [1.165, 1.54) is 0 Å². The highest BCUT2D eigenvalue weighted by molar-refractivity contribution is 5.70. The lowest BCUT2D eigenvalue weighted by atomic mass is 9.93. The fourth-order valence-corrected chi connectivity index (χ4v) is 1.82. The predicted molar refractivity (Wildman–Crippen MR) is 62.4 cm³/mol. The summed E-state index contributed by atoms with van der Waals surface area (Å²) in [6.07, 6.45) is 4.13. The van der Waals surface area contributed by atoms with Crippen molar-refractivity contribution >= 4 is 12.2 Å². The van der Waals surface area contributed by atoms with Gasteiger partial charge in [-0.3, -0.25) is 4.79 Å². The highest BCUT2D eigenvalue weighted by Gasteiger charge is 2.37. The molecule has 0 N–H and O–H groups in total. The van der Waals surface area contributed by atoms with E-state index < -0.39 is 11.1 Å². The summed E-state index contributed by atoms with van der Waals surface area (Å²) in [5.41, 5.74) is -0.867. The van der Waals surface area contributed by atoms with E-state index in [2.05, 4.69) is 0 Å². The predicted octanol–water partition coefficient (Wildman–Crippen LogP) is 2.24. The second kappa shape index (κ2) is 4.44. The van der Waals surface area contributed by atoms with Gasteiger partial charge in [0, 0.05) is 26.2 Å². The molecule has 1 atom stereocenters. The third-order valence-corrected chi connectivity index (χ3v) is 2.80. The van der Waals surface area contributed by atoms with Gasteiger partial charge in [0.25, 0.3) is 0 Å². The summed E-state index contributed by atoms with van der Waals surface area (Å²) >= 11 is 0. The van der Waals surface area contributed by atoms with Crippen molar-refractivity contribution < 1.29 is 14.3 Å². The Morgan fingerprint density at radius 2 is 2.19 bits per heavy atom. The summed E-state index contributed by atoms with van der Waals surface area (Å²) < 4.78 is 6.19. The molecule has 0 bridgehead atoms. The molecule has 0 saturated carbocycles. The molecule has 1 unspecified atom stereocenters. The van der Waals surface area contributed by atoms with Crippen LogP contribution in [0.25, 0.3) is 0 Å². The van der Waals surface area contributed by atoms with Crippen LogP contribution in [0.1, 0.15) is 53.4 Å². The van der Waals surface area contributed by atoms with Crippen LogP contribution in [0.5, 0.6) is 0 Å². The molecule has 0 spiro atoms. The minimum Gasteiger partial charge on any atom is -0.624 e. The van der Waals surface area contributed by atoms with E-state index >= 15 is 0 Å². The maximum atomic E-state index is 11.5. The van der Waals surface area contributed by atoms with Crippen LogP contribution in [0, 0.1) is 5.21 Å². The first kappa shape index (κ1) is 13.0. The van der Waals surface area contributed by atoms with Gasteiger partial charge < -0.3 is 9.94 Å². The Hall–Kier alpha value is -1.06. The SMILES string of the molecule is CC(C)(C)OC(=O)CCC1(C)CCC=[N+]1[O-]. The van der Waals surface area contributed by atoms with Gasteiger partial charge in [-0.05, 0) is 20.8 Å². The lowest BCUT2D eigenvalue weighted by Gasteiger charge is -2.24. The number of hydrogen-bond acceptors (Lipinski definition) is 3. The van der Waals surface area contributed by atoms with Crippen molar-refractivity contribution in [1.82, 2.24) is 0 Å². The van der Waals surface area contributed by atoms with Crippen LogP contribution in [0.4, 0.5) is 0 Å². The Morgan fingerprint density at radius 3 is 2.62 bits per heavy atom. The van der Waals surface area contributed by atoms with Gasteiger partial charge in [-0.25, -0.2) is 4.74 Å². The molecule has 0 aromatic rings. The second-order valence-corrected chi connectivity index (χ2v) is 5.63. The van der Waals surface area contributed by atoms with E-state index in [4.69, 9.17) is 4.74 Å². The molecule has 0 amide bonds. The molecule has 0 aromatic carbocycles. The summed E-state index contributed by atoms with van der Waals surface area (Å²) in [5.74, 6) is -0.228. The fourth-order valence-electron chi connectivity index (χ4n) is 1.82. The number of esters is 1. The number of carbonyl (C=O) groups is 1. The van der Waals surface area contributed by atoms with Crippen LogP contribution >= 0.6 is 0 Å². The quantitative estimate of drug-likeness (QED) is 0.422. The van der Waals surface area contributed by atoms with Crippen molar-refractivity contribution in [3.8, 4) is 0 Å². The first-order valence-electron chi connectivity index (χ1n) is 5.75. The minimum absolute atomic E-state index is 0.228. The molecule has 0 radical (unpaired) electrons. The average Bonchev–Trinajstić information content (AvgIpc) is 2.42. The molecular weight excluding hydrogens is 206 g/mol. The lowest BCUT2D eigenvalue weighted by Crippen LogP contribution is -2.33. The van der Waals surface area contributed by atoms with E-state index in [1.54, 1.807) is 6.21 Å². The Labute approximate surface area is 96.9 Å². The number of hydrogen-bond donors (Lipinski definition) is 0. The van der Waals surface area contributed by atoms with E-state index in [9.17, 15) is 10.0 Å². The van der Waals surface area contributed by atoms with Gasteiger partial charge in [-0.2, -0.15) is 0 Å². The van der Waals surface area contributed by atoms with Crippen LogP contribution in [0.3, 0.4) is 0 Å². The highest BCUT2D eigenvalue weighted by Crippen LogP contribution is 2.27. The molecule has 0 aromatic heterocycles. The molecule has 4 nitrogen and oxygen atoms in total. The Morgan fingerprint density at radius 1 is 1.56 bits per heavy atom. The van der Waals surface area contributed by atoms with Crippen LogP contribution in [0.15, 0.2) is 0 Å². The van der Waals surface area contributed by atoms with Crippen molar-refractivity contribution in [3.05, 3.63) is 5.21 Å². The van der Waals surface area contributed by atoms with Crippen molar-refractivity contribution in [2.75, 3.05) is 0 Å². The molecule has 0 fully saturated rings. The standard InChI is InChI=1S/C12H21NO3/c1-11(2,3)16-10(14)6-8-12(4)7-5-9-13(12)15/h9H,5-8H2,1-4H3. The van der Waals surface area contributed by atoms with E-state index in [1.807, 2.05) is 27.7 Å². The number of carbonyl (C=O) groups excluding carboxylic acids is 1. The molecular formula is C12H21NO3. The molecule has 1 aliphatic heterocycles. The first-order chi connectivity index (χ1) is 7.23. The average molecular weight is 227 g/mol. The summed E-state index contributed by atoms with van der Waals surface area (Å²) in [5, 5.41) is 11.5. The Kier molecular flexibility index (Phi) is 3.61. The van der Waals surface area contributed by atoms with E-state index in [-0.39, 0.29) is 5.97 Å². The topological polar surface area (TPSA) is 52.4 Å². The first-order valence-corrected chi connectivity index (χ1v) is 5.75. The van der Waals surface area contributed by atoms with Crippen LogP contribution in [-0.2, 0) is 9.53 Å². The van der Waals surface area contributed by atoms with Gasteiger partial charge in [0.1, 0.15) is 5.60 Å². The van der Waals surface area contributed by atoms with E-state index in [0.29, 0.717) is 12.8 Å². The molecule has 1 rings (SSSR count). The molecule has 0 aliphatic carbocycles. The molecule has 1 aliphatic rings. The van der Waals surface area contributed by atoms with Gasteiger partial charge >= 0.3 is 5.97 Å². The molecule has 0 saturated heterocycles. The van der Waals surface area contributed by atoms with Gasteiger partial charge in [0.2, 0.25) is 0 Å². The monoisotopic (exact) mass is 227 g/mol. The normalized spacial score (nSPS) is 25.4. The number of nitrogens with zero attached hydrogens (tertiary/aromatic N) is 1. The highest BCUT2D eigenvalue weighted by atomic mass is 16.6. The Bertz CT molecular complexity index is 304. The van der Waals surface area contributed by atoms with Gasteiger partial charge in [0.15, 0.2) is 11.8 Å². The number of rotatable bonds is 3. The fraction of sp³-hybridized carbons (Fsp3) is 0.833. The number of hydroxylamine groups is 1. The minimum atomic E-state index is -0.447. The van der Waals surface area contributed by atoms with Crippen LogP contribution in [-0.4, -0.2) is 28.1 Å². The zero-order valence-electron chi connectivity index (χ0n) is 10.6. The smallest absolute Gasteiger partial charge is 0.306 e. The van der Waals surface area contributed by atoms with Gasteiger partial charge in [-0.15, -0.1) is 0 Å². The lowest BCUT2D eigenvalue weighted by molar-refractivity contribution is -0.533. The van der Waals surface area contributed by atoms with Crippen LogP contribution < -0.4 is 0 Å². The third kappa shape index (κ3) is 3.51. The summed E-state index contributed by atoms with van der Waals surface area (Å²) in [6.45, 7) is 7.43. The van der Waals surface area contributed by atoms with E-state index in [0.717, 1.165) is 17.6 Å². The van der Waals surface area contributed by atoms with Gasteiger partial charge in [0.05, 0.1) is 6.42 Å². The third-order valence-electron chi connectivity index (χ3n) is 2.80. The maximum absolute atomic E-state index is 11.5. The number of ether oxygens (including phenoxy) is 1. The van der Waals surface area contributed by atoms with Crippen molar-refractivity contribution in [1.29, 1.82) is 0 Å².